The molecule has 2 aromatic rings. The summed E-state index contributed by atoms with van der Waals surface area (Å²) in [6.07, 6.45) is 0. The molecule has 2 rings (SSSR count). The number of hydrogen-bond acceptors (Lipinski definition) is 0. The third-order valence-corrected chi connectivity index (χ3v) is 4.62. The Balaban J connectivity index is 2.53. The minimum absolute atomic E-state index is 0.223. The molecule has 2 aromatic carbocycles. The zero-order valence-corrected chi connectivity index (χ0v) is 13.3. The van der Waals surface area contributed by atoms with Crippen molar-refractivity contribution in [3.63, 3.8) is 0 Å². The predicted octanol–water partition coefficient (Wildman–Crippen LogP) is 7.02. The van der Waals surface area contributed by atoms with E-state index < -0.39 is 0 Å². The zero-order valence-electron chi connectivity index (χ0n) is 9.48. The van der Waals surface area contributed by atoms with Gasteiger partial charge in [0.15, 0.2) is 0 Å². The molecule has 0 aliphatic rings. The Morgan fingerprint density at radius 1 is 0.789 bits per heavy atom. The van der Waals surface area contributed by atoms with Gasteiger partial charge in [0.1, 0.15) is 0 Å². The van der Waals surface area contributed by atoms with E-state index in [2.05, 4.69) is 6.58 Å². The minimum atomic E-state index is 0.223. The Morgan fingerprint density at radius 3 is 1.95 bits per heavy atom. The van der Waals surface area contributed by atoms with Crippen LogP contribution in [0, 0.1) is 0 Å². The van der Waals surface area contributed by atoms with Crippen LogP contribution in [0.2, 0.25) is 25.1 Å². The Hall–Kier alpha value is -0.370. The molecule has 0 N–H and O–H groups in total. The molecule has 0 atom stereocenters. The minimum Gasteiger partial charge on any atom is -0.0905 e. The smallest absolute Gasteiger partial charge is 0.0800 e. The maximum atomic E-state index is 6.18. The van der Waals surface area contributed by atoms with Crippen LogP contribution in [0.3, 0.4) is 0 Å². The Kier molecular flexibility index (Phi) is 4.70. The third kappa shape index (κ3) is 3.04. The van der Waals surface area contributed by atoms with Gasteiger partial charge in [-0.2, -0.15) is 0 Å². The molecule has 0 aliphatic heterocycles. The molecule has 0 spiro atoms. The van der Waals surface area contributed by atoms with Crippen molar-refractivity contribution in [3.8, 4) is 0 Å². The van der Waals surface area contributed by atoms with Crippen LogP contribution >= 0.6 is 58.0 Å². The van der Waals surface area contributed by atoms with Gasteiger partial charge < -0.3 is 0 Å². The maximum Gasteiger partial charge on any atom is 0.0800 e. The fraction of sp³-hybridized carbons (Fsp3) is 0. The molecule has 0 heterocycles. The van der Waals surface area contributed by atoms with Crippen molar-refractivity contribution in [3.05, 3.63) is 73.2 Å². The molecule has 0 saturated heterocycles. The van der Waals surface area contributed by atoms with E-state index in [-0.39, 0.29) is 10.0 Å². The Morgan fingerprint density at radius 2 is 1.37 bits per heavy atom. The van der Waals surface area contributed by atoms with Gasteiger partial charge in [-0.1, -0.05) is 76.7 Å². The summed E-state index contributed by atoms with van der Waals surface area (Å²) in [4.78, 5) is 0. The quantitative estimate of drug-likeness (QED) is 0.402. The lowest BCUT2D eigenvalue weighted by molar-refractivity contribution is 1.55. The van der Waals surface area contributed by atoms with Crippen LogP contribution in [0.5, 0.6) is 0 Å². The summed E-state index contributed by atoms with van der Waals surface area (Å²) in [6.45, 7) is 4.01. The summed E-state index contributed by atoms with van der Waals surface area (Å²) in [6, 6.07) is 8.88. The molecule has 0 nitrogen and oxygen atoms in total. The first-order valence-corrected chi connectivity index (χ1v) is 7.09. The lowest BCUT2D eigenvalue weighted by Gasteiger charge is -2.12. The van der Waals surface area contributed by atoms with Crippen LogP contribution in [0.4, 0.5) is 0 Å². The second-order valence-electron chi connectivity index (χ2n) is 3.83. The van der Waals surface area contributed by atoms with Crippen molar-refractivity contribution < 1.29 is 0 Å². The second-order valence-corrected chi connectivity index (χ2v) is 5.81. The summed E-state index contributed by atoms with van der Waals surface area (Å²) in [5.74, 6) is 0. The molecule has 0 aliphatic carbocycles. The molecule has 0 bridgehead atoms. The predicted molar refractivity (Wildman–Crippen MR) is 86.1 cm³/mol. The van der Waals surface area contributed by atoms with E-state index in [0.29, 0.717) is 26.2 Å². The lowest BCUT2D eigenvalue weighted by Crippen LogP contribution is -1.90. The van der Waals surface area contributed by atoms with Crippen LogP contribution in [0.1, 0.15) is 11.1 Å². The molecule has 98 valence electrons. The van der Waals surface area contributed by atoms with Crippen molar-refractivity contribution in [1.29, 1.82) is 0 Å². The normalized spacial score (nSPS) is 10.6. The molecule has 0 radical (unpaired) electrons. The number of hydrogen-bond donors (Lipinski definition) is 0. The van der Waals surface area contributed by atoms with Crippen LogP contribution in [-0.4, -0.2) is 0 Å². The van der Waals surface area contributed by atoms with Crippen LogP contribution < -0.4 is 0 Å². The van der Waals surface area contributed by atoms with Crippen molar-refractivity contribution >= 4 is 63.6 Å². The highest BCUT2D eigenvalue weighted by Crippen LogP contribution is 2.41. The highest BCUT2D eigenvalue weighted by Gasteiger charge is 2.15. The van der Waals surface area contributed by atoms with E-state index in [9.17, 15) is 0 Å². The summed E-state index contributed by atoms with van der Waals surface area (Å²) in [5, 5.41) is 1.77. The second kappa shape index (κ2) is 5.95. The van der Waals surface area contributed by atoms with E-state index in [1.54, 1.807) is 18.2 Å². The van der Waals surface area contributed by atoms with Crippen molar-refractivity contribution in [1.82, 2.24) is 0 Å². The molecule has 19 heavy (non-hydrogen) atoms. The summed E-state index contributed by atoms with van der Waals surface area (Å²) < 4.78 is 0. The third-order valence-electron chi connectivity index (χ3n) is 2.62. The van der Waals surface area contributed by atoms with Crippen molar-refractivity contribution in [2.75, 3.05) is 0 Å². The standard InChI is InChI=1S/C14H7Cl5/c1-7(8-2-4-9(15)5-3-8)10-6-11(16)13(18)14(19)12(10)17/h2-6H,1H2. The molecule has 0 amide bonds. The number of halogens is 5. The van der Waals surface area contributed by atoms with Gasteiger partial charge >= 0.3 is 0 Å². The monoisotopic (exact) mass is 350 g/mol. The largest absolute Gasteiger partial charge is 0.0905 e. The SMILES string of the molecule is C=C(c1ccc(Cl)cc1)c1cc(Cl)c(Cl)c(Cl)c1Cl. The lowest BCUT2D eigenvalue weighted by atomic mass is 10.00. The number of rotatable bonds is 2. The fourth-order valence-electron chi connectivity index (χ4n) is 1.60. The average molecular weight is 352 g/mol. The summed E-state index contributed by atoms with van der Waals surface area (Å²) in [5.41, 5.74) is 2.21. The summed E-state index contributed by atoms with van der Waals surface area (Å²) >= 11 is 30.0. The molecule has 0 aromatic heterocycles. The summed E-state index contributed by atoms with van der Waals surface area (Å²) in [7, 11) is 0. The molecule has 0 unspecified atom stereocenters. The van der Waals surface area contributed by atoms with E-state index in [4.69, 9.17) is 58.0 Å². The van der Waals surface area contributed by atoms with Gasteiger partial charge in [-0.05, 0) is 29.3 Å². The van der Waals surface area contributed by atoms with Gasteiger partial charge in [0.25, 0.3) is 0 Å². The van der Waals surface area contributed by atoms with Gasteiger partial charge in [0.05, 0.1) is 20.1 Å². The van der Waals surface area contributed by atoms with Gasteiger partial charge in [-0.15, -0.1) is 0 Å². The van der Waals surface area contributed by atoms with E-state index in [1.165, 1.54) is 0 Å². The van der Waals surface area contributed by atoms with Crippen molar-refractivity contribution in [2.24, 2.45) is 0 Å². The van der Waals surface area contributed by atoms with Gasteiger partial charge in [0.2, 0.25) is 0 Å². The van der Waals surface area contributed by atoms with Crippen LogP contribution in [0.15, 0.2) is 36.9 Å². The van der Waals surface area contributed by atoms with E-state index in [1.807, 2.05) is 12.1 Å². The van der Waals surface area contributed by atoms with Gasteiger partial charge in [0, 0.05) is 10.6 Å². The molecular formula is C14H7Cl5. The molecular weight excluding hydrogens is 345 g/mol. The van der Waals surface area contributed by atoms with Gasteiger partial charge in [-0.3, -0.25) is 0 Å². The Bertz CT molecular complexity index is 644. The first kappa shape index (κ1) is 15.0. The molecule has 0 saturated carbocycles. The maximum absolute atomic E-state index is 6.18. The van der Waals surface area contributed by atoms with E-state index >= 15 is 0 Å². The topological polar surface area (TPSA) is 0 Å². The number of benzene rings is 2. The zero-order chi connectivity index (χ0) is 14.2. The van der Waals surface area contributed by atoms with E-state index in [0.717, 1.165) is 5.56 Å². The van der Waals surface area contributed by atoms with Crippen LogP contribution in [-0.2, 0) is 0 Å². The van der Waals surface area contributed by atoms with Gasteiger partial charge in [-0.25, -0.2) is 0 Å². The van der Waals surface area contributed by atoms with Crippen molar-refractivity contribution in [2.45, 2.75) is 0 Å². The van der Waals surface area contributed by atoms with Crippen LogP contribution in [0.25, 0.3) is 5.57 Å². The highest BCUT2D eigenvalue weighted by molar-refractivity contribution is 6.52. The Labute approximate surface area is 136 Å². The first-order chi connectivity index (χ1) is 8.91. The molecule has 0 fully saturated rings. The highest BCUT2D eigenvalue weighted by atomic mass is 35.5. The molecule has 5 heteroatoms. The fourth-order valence-corrected chi connectivity index (χ4v) is 2.64. The average Bonchev–Trinajstić information content (AvgIpc) is 2.40. The first-order valence-electron chi connectivity index (χ1n) is 5.20.